The van der Waals surface area contributed by atoms with Gasteiger partial charge in [0, 0.05) is 18.8 Å². The van der Waals surface area contributed by atoms with Crippen molar-refractivity contribution < 1.29 is 44.3 Å². The van der Waals surface area contributed by atoms with Gasteiger partial charge in [-0.15, -0.1) is 0 Å². The number of ether oxygens (including phenoxy) is 1. The van der Waals surface area contributed by atoms with Crippen LogP contribution in [0.1, 0.15) is 71.1 Å². The van der Waals surface area contributed by atoms with Gasteiger partial charge in [0.2, 0.25) is 0 Å². The Kier molecular flexibility index (Phi) is 8.82. The Morgan fingerprint density at radius 2 is 1.03 bits per heavy atom. The van der Waals surface area contributed by atoms with Gasteiger partial charge >= 0.3 is 6.11 Å². The van der Waals surface area contributed by atoms with E-state index in [4.69, 9.17) is 0 Å². The van der Waals surface area contributed by atoms with Crippen molar-refractivity contribution in [1.82, 2.24) is 0 Å². The van der Waals surface area contributed by atoms with Crippen LogP contribution in [0.3, 0.4) is 0 Å². The average molecular weight is 537 g/mol. The lowest BCUT2D eigenvalue weighted by molar-refractivity contribution is -0.323. The third kappa shape index (κ3) is 5.98. The molecule has 0 aromatic carbocycles. The van der Waals surface area contributed by atoms with E-state index in [0.29, 0.717) is 5.92 Å². The van der Waals surface area contributed by atoms with Gasteiger partial charge in [-0.05, 0) is 62.2 Å². The lowest BCUT2D eigenvalue weighted by atomic mass is 9.63. The molecule has 0 N–H and O–H groups in total. The van der Waals surface area contributed by atoms with Crippen LogP contribution in [0.25, 0.3) is 0 Å². The summed E-state index contributed by atoms with van der Waals surface area (Å²) in [5.41, 5.74) is 0. The molecule has 6 unspecified atom stereocenters. The first-order valence-corrected chi connectivity index (χ1v) is 13.4. The van der Waals surface area contributed by atoms with Crippen LogP contribution in [0.5, 0.6) is 0 Å². The molecule has 210 valence electrons. The van der Waals surface area contributed by atoms with E-state index >= 15 is 8.78 Å². The largest absolute Gasteiger partial charge is 0.364 e. The minimum absolute atomic E-state index is 0.114. The van der Waals surface area contributed by atoms with E-state index < -0.39 is 98.9 Å². The molecule has 0 heterocycles. The fourth-order valence-electron chi connectivity index (χ4n) is 7.36. The van der Waals surface area contributed by atoms with E-state index in [1.807, 2.05) is 0 Å². The Morgan fingerprint density at radius 3 is 1.53 bits per heavy atom. The molecule has 0 aliphatic heterocycles. The topological polar surface area (TPSA) is 9.23 Å². The smallest absolute Gasteiger partial charge is 0.317 e. The third-order valence-electron chi connectivity index (χ3n) is 9.38. The standard InChI is InChI=1S/C26H37F9O/c1-12-2-4-13(5-3-12)14-6-17(27)23(18(28)7-14)15-8-19(29)24(20(30)9-15)26(34,35)36-16-10-21(31)25(33)22(32)11-16/h12-25H,2-11H2,1H3. The molecule has 36 heavy (non-hydrogen) atoms. The van der Waals surface area contributed by atoms with E-state index in [1.165, 1.54) is 0 Å². The first-order chi connectivity index (χ1) is 16.9. The molecular weight excluding hydrogens is 499 g/mol. The molecule has 10 heteroatoms. The Morgan fingerprint density at radius 1 is 0.556 bits per heavy atom. The van der Waals surface area contributed by atoms with Crippen LogP contribution in [0, 0.1) is 35.5 Å². The minimum atomic E-state index is -4.41. The fraction of sp³-hybridized carbons (Fsp3) is 1.00. The molecule has 0 spiro atoms. The predicted molar refractivity (Wildman–Crippen MR) is 117 cm³/mol. The highest BCUT2D eigenvalue weighted by Gasteiger charge is 2.58. The SMILES string of the molecule is CC1CCC(C2CC(F)C(C3CC(F)C(C(F)(F)OC4CC(F)C(F)C(F)C4)C(F)C3)C(F)C2)CC1. The molecule has 6 atom stereocenters. The van der Waals surface area contributed by atoms with Crippen LogP contribution < -0.4 is 0 Å². The summed E-state index contributed by atoms with van der Waals surface area (Å²) in [5, 5.41) is 0. The van der Waals surface area contributed by atoms with Crippen molar-refractivity contribution in [3.63, 3.8) is 0 Å². The van der Waals surface area contributed by atoms with Crippen LogP contribution in [-0.2, 0) is 4.74 Å². The molecule has 4 fully saturated rings. The van der Waals surface area contributed by atoms with E-state index in [9.17, 15) is 30.7 Å². The van der Waals surface area contributed by atoms with Gasteiger partial charge in [0.15, 0.2) is 6.17 Å². The van der Waals surface area contributed by atoms with Crippen molar-refractivity contribution in [2.24, 2.45) is 35.5 Å². The Balaban J connectivity index is 1.36. The van der Waals surface area contributed by atoms with E-state index in [0.717, 1.165) is 25.7 Å². The highest BCUT2D eigenvalue weighted by molar-refractivity contribution is 5.00. The molecule has 0 aromatic rings. The third-order valence-corrected chi connectivity index (χ3v) is 9.38. The maximum absolute atomic E-state index is 15.2. The van der Waals surface area contributed by atoms with Gasteiger partial charge in [-0.1, -0.05) is 19.8 Å². The van der Waals surface area contributed by atoms with Crippen molar-refractivity contribution in [1.29, 1.82) is 0 Å². The van der Waals surface area contributed by atoms with Gasteiger partial charge < -0.3 is 4.74 Å². The summed E-state index contributed by atoms with van der Waals surface area (Å²) in [6, 6.07) is 0. The molecule has 4 rings (SSSR count). The lowest BCUT2D eigenvalue weighted by Crippen LogP contribution is -2.53. The van der Waals surface area contributed by atoms with Gasteiger partial charge in [-0.3, -0.25) is 0 Å². The first kappa shape index (κ1) is 28.3. The number of alkyl halides is 9. The maximum Gasteiger partial charge on any atom is 0.364 e. The second-order valence-electron chi connectivity index (χ2n) is 11.9. The minimum Gasteiger partial charge on any atom is -0.317 e. The van der Waals surface area contributed by atoms with Crippen LogP contribution in [0.4, 0.5) is 39.5 Å². The molecule has 4 aliphatic rings. The van der Waals surface area contributed by atoms with Crippen molar-refractivity contribution in [2.45, 2.75) is 127 Å². The van der Waals surface area contributed by atoms with Crippen LogP contribution >= 0.6 is 0 Å². The Labute approximate surface area is 206 Å². The molecule has 0 amide bonds. The summed E-state index contributed by atoms with van der Waals surface area (Å²) < 4.78 is 135. The van der Waals surface area contributed by atoms with Crippen molar-refractivity contribution >= 4 is 0 Å². The van der Waals surface area contributed by atoms with Crippen molar-refractivity contribution in [2.75, 3.05) is 0 Å². The number of rotatable bonds is 5. The van der Waals surface area contributed by atoms with Crippen molar-refractivity contribution in [3.05, 3.63) is 0 Å². The van der Waals surface area contributed by atoms with Gasteiger partial charge in [0.25, 0.3) is 0 Å². The van der Waals surface area contributed by atoms with E-state index in [-0.39, 0.29) is 24.7 Å². The van der Waals surface area contributed by atoms with Crippen molar-refractivity contribution in [3.8, 4) is 0 Å². The predicted octanol–water partition coefficient (Wildman–Crippen LogP) is 8.00. The van der Waals surface area contributed by atoms with Crippen LogP contribution in [-0.4, -0.2) is 55.4 Å². The zero-order valence-corrected chi connectivity index (χ0v) is 20.5. The lowest BCUT2D eigenvalue weighted by Gasteiger charge is -2.46. The molecule has 0 saturated heterocycles. The van der Waals surface area contributed by atoms with Gasteiger partial charge in [-0.25, -0.2) is 30.7 Å². The second-order valence-corrected chi connectivity index (χ2v) is 11.9. The quantitative estimate of drug-likeness (QED) is 0.324. The highest BCUT2D eigenvalue weighted by Crippen LogP contribution is 2.51. The monoisotopic (exact) mass is 536 g/mol. The highest BCUT2D eigenvalue weighted by atomic mass is 19.3. The summed E-state index contributed by atoms with van der Waals surface area (Å²) in [5.74, 6) is -4.20. The number of hydrogen-bond donors (Lipinski definition) is 0. The Bertz CT molecular complexity index is 682. The van der Waals surface area contributed by atoms with Crippen LogP contribution in [0.15, 0.2) is 0 Å². The molecule has 0 bridgehead atoms. The van der Waals surface area contributed by atoms with Gasteiger partial charge in [0.1, 0.15) is 42.9 Å². The summed E-state index contributed by atoms with van der Waals surface area (Å²) in [6.45, 7) is 2.15. The number of hydrogen-bond acceptors (Lipinski definition) is 1. The normalized spacial score (nSPS) is 51.2. The van der Waals surface area contributed by atoms with E-state index in [1.54, 1.807) is 0 Å². The fourth-order valence-corrected chi connectivity index (χ4v) is 7.36. The summed E-state index contributed by atoms with van der Waals surface area (Å²) >= 11 is 0. The van der Waals surface area contributed by atoms with Gasteiger partial charge in [0.05, 0.1) is 6.10 Å². The summed E-state index contributed by atoms with van der Waals surface area (Å²) in [4.78, 5) is 0. The first-order valence-electron chi connectivity index (χ1n) is 13.4. The van der Waals surface area contributed by atoms with E-state index in [2.05, 4.69) is 11.7 Å². The molecule has 1 nitrogen and oxygen atoms in total. The molecule has 0 aromatic heterocycles. The maximum atomic E-state index is 15.2. The zero-order valence-electron chi connectivity index (χ0n) is 20.5. The molecule has 4 saturated carbocycles. The Hall–Kier alpha value is -0.670. The molecule has 0 radical (unpaired) electrons. The molecular formula is C26H37F9O. The zero-order chi connectivity index (χ0) is 26.4. The molecule has 4 aliphatic carbocycles. The second kappa shape index (κ2) is 11.2. The van der Waals surface area contributed by atoms with Gasteiger partial charge in [-0.2, -0.15) is 8.78 Å². The van der Waals surface area contributed by atoms with Crippen LogP contribution in [0.2, 0.25) is 0 Å². The average Bonchev–Trinajstić information content (AvgIpc) is 2.76. The summed E-state index contributed by atoms with van der Waals surface area (Å²) in [6.07, 6.45) is -20.3. The number of halogens is 9. The summed E-state index contributed by atoms with van der Waals surface area (Å²) in [7, 11) is 0.